The lowest BCUT2D eigenvalue weighted by Crippen LogP contribution is -2.36. The summed E-state index contributed by atoms with van der Waals surface area (Å²) in [5, 5.41) is 1.89. The predicted octanol–water partition coefficient (Wildman–Crippen LogP) is 3.37. The van der Waals surface area contributed by atoms with Crippen molar-refractivity contribution in [2.45, 2.75) is 0 Å². The third kappa shape index (κ3) is 1.32. The van der Waals surface area contributed by atoms with Gasteiger partial charge in [-0.05, 0) is 12.1 Å². The SMILES string of the molecule is CN1C(=O)c2cccc3c(Cl)c(Cl)cc(c23)C1=O. The number of benzene rings is 2. The Morgan fingerprint density at radius 3 is 2.44 bits per heavy atom. The molecule has 1 heterocycles. The van der Waals surface area contributed by atoms with Crippen molar-refractivity contribution >= 4 is 45.8 Å². The fourth-order valence-electron chi connectivity index (χ4n) is 2.22. The van der Waals surface area contributed by atoms with Crippen molar-refractivity contribution < 1.29 is 9.59 Å². The maximum absolute atomic E-state index is 12.1. The summed E-state index contributed by atoms with van der Waals surface area (Å²) < 4.78 is 0. The summed E-state index contributed by atoms with van der Waals surface area (Å²) in [6, 6.07) is 6.68. The number of hydrogen-bond donors (Lipinski definition) is 0. The molecule has 0 atom stereocenters. The molecule has 0 fully saturated rings. The summed E-state index contributed by atoms with van der Waals surface area (Å²) in [6.07, 6.45) is 0. The number of carbonyl (C=O) groups excluding carboxylic acids is 2. The second-order valence-electron chi connectivity index (χ2n) is 4.12. The van der Waals surface area contributed by atoms with E-state index in [1.165, 1.54) is 13.1 Å². The van der Waals surface area contributed by atoms with Crippen LogP contribution in [0, 0.1) is 0 Å². The Morgan fingerprint density at radius 1 is 1.06 bits per heavy atom. The normalized spacial score (nSPS) is 14.5. The second-order valence-corrected chi connectivity index (χ2v) is 4.90. The van der Waals surface area contributed by atoms with Crippen LogP contribution in [-0.4, -0.2) is 23.8 Å². The van der Waals surface area contributed by atoms with E-state index in [0.717, 1.165) is 4.90 Å². The number of hydrogen-bond acceptors (Lipinski definition) is 2. The predicted molar refractivity (Wildman–Crippen MR) is 70.4 cm³/mol. The van der Waals surface area contributed by atoms with Gasteiger partial charge in [-0.2, -0.15) is 0 Å². The largest absolute Gasteiger partial charge is 0.277 e. The molecular weight excluding hydrogens is 273 g/mol. The Bertz CT molecular complexity index is 724. The molecule has 18 heavy (non-hydrogen) atoms. The zero-order valence-electron chi connectivity index (χ0n) is 9.33. The quantitative estimate of drug-likeness (QED) is 0.694. The van der Waals surface area contributed by atoms with Crippen LogP contribution in [0.3, 0.4) is 0 Å². The Kier molecular flexibility index (Phi) is 2.37. The van der Waals surface area contributed by atoms with Crippen molar-refractivity contribution in [3.05, 3.63) is 45.4 Å². The zero-order chi connectivity index (χ0) is 13.0. The highest BCUT2D eigenvalue weighted by atomic mass is 35.5. The average Bonchev–Trinajstić information content (AvgIpc) is 2.38. The fraction of sp³-hybridized carbons (Fsp3) is 0.0769. The molecule has 0 unspecified atom stereocenters. The third-order valence-corrected chi connectivity index (χ3v) is 3.92. The van der Waals surface area contributed by atoms with Crippen LogP contribution in [0.15, 0.2) is 24.3 Å². The molecule has 3 nitrogen and oxygen atoms in total. The Hall–Kier alpha value is -1.58. The van der Waals surface area contributed by atoms with Gasteiger partial charge < -0.3 is 0 Å². The number of rotatable bonds is 0. The van der Waals surface area contributed by atoms with Gasteiger partial charge in [0.15, 0.2) is 0 Å². The van der Waals surface area contributed by atoms with E-state index >= 15 is 0 Å². The van der Waals surface area contributed by atoms with Gasteiger partial charge in [-0.3, -0.25) is 14.5 Å². The molecular formula is C13H7Cl2NO2. The molecule has 1 aliphatic rings. The average molecular weight is 280 g/mol. The maximum atomic E-state index is 12.1. The molecule has 0 bridgehead atoms. The molecule has 1 aliphatic heterocycles. The number of carbonyl (C=O) groups is 2. The molecule has 3 rings (SSSR count). The minimum Gasteiger partial charge on any atom is -0.277 e. The van der Waals surface area contributed by atoms with Gasteiger partial charge in [0.2, 0.25) is 0 Å². The first-order valence-electron chi connectivity index (χ1n) is 5.25. The summed E-state index contributed by atoms with van der Waals surface area (Å²) in [5.41, 5.74) is 0.889. The van der Waals surface area contributed by atoms with E-state index in [-0.39, 0.29) is 11.8 Å². The minimum absolute atomic E-state index is 0.312. The molecule has 0 aliphatic carbocycles. The van der Waals surface area contributed by atoms with Gasteiger partial charge in [-0.25, -0.2) is 0 Å². The third-order valence-electron chi connectivity index (χ3n) is 3.12. The highest BCUT2D eigenvalue weighted by Gasteiger charge is 2.31. The minimum atomic E-state index is -0.359. The van der Waals surface area contributed by atoms with E-state index in [2.05, 4.69) is 0 Å². The van der Waals surface area contributed by atoms with Gasteiger partial charge in [0, 0.05) is 23.4 Å². The molecule has 0 spiro atoms. The highest BCUT2D eigenvalue weighted by molar-refractivity contribution is 6.46. The summed E-state index contributed by atoms with van der Waals surface area (Å²) >= 11 is 12.1. The van der Waals surface area contributed by atoms with Crippen LogP contribution in [0.1, 0.15) is 20.7 Å². The molecule has 0 saturated heterocycles. The van der Waals surface area contributed by atoms with Gasteiger partial charge in [-0.1, -0.05) is 35.3 Å². The summed E-state index contributed by atoms with van der Waals surface area (Å²) in [6.45, 7) is 0. The molecule has 0 aromatic heterocycles. The lowest BCUT2D eigenvalue weighted by atomic mass is 9.94. The molecule has 0 radical (unpaired) electrons. The smallest absolute Gasteiger partial charge is 0.261 e. The molecule has 0 N–H and O–H groups in total. The maximum Gasteiger partial charge on any atom is 0.261 e. The number of halogens is 2. The van der Waals surface area contributed by atoms with Gasteiger partial charge in [-0.15, -0.1) is 0 Å². The van der Waals surface area contributed by atoms with Crippen LogP contribution >= 0.6 is 23.2 Å². The van der Waals surface area contributed by atoms with Crippen molar-refractivity contribution in [2.75, 3.05) is 7.05 Å². The number of nitrogens with zero attached hydrogens (tertiary/aromatic N) is 1. The van der Waals surface area contributed by atoms with Crippen molar-refractivity contribution in [3.63, 3.8) is 0 Å². The first-order chi connectivity index (χ1) is 8.52. The lowest BCUT2D eigenvalue weighted by molar-refractivity contribution is 0.0651. The Labute approximate surface area is 113 Å². The Morgan fingerprint density at radius 2 is 1.72 bits per heavy atom. The van der Waals surface area contributed by atoms with Crippen molar-refractivity contribution in [3.8, 4) is 0 Å². The Balaban J connectivity index is 2.57. The summed E-state index contributed by atoms with van der Waals surface area (Å²) in [4.78, 5) is 25.2. The van der Waals surface area contributed by atoms with Crippen molar-refractivity contribution in [1.82, 2.24) is 4.90 Å². The van der Waals surface area contributed by atoms with Crippen molar-refractivity contribution in [2.24, 2.45) is 0 Å². The second kappa shape index (κ2) is 3.70. The van der Waals surface area contributed by atoms with E-state index in [9.17, 15) is 9.59 Å². The first kappa shape index (κ1) is 11.5. The molecule has 0 saturated carbocycles. The van der Waals surface area contributed by atoms with Crippen LogP contribution in [0.2, 0.25) is 10.0 Å². The standard InChI is InChI=1S/C13H7Cl2NO2/c1-16-12(17)7-4-2-3-6-10(7)8(13(16)18)5-9(14)11(6)15/h2-5H,1H3. The topological polar surface area (TPSA) is 37.4 Å². The van der Waals surface area contributed by atoms with Gasteiger partial charge >= 0.3 is 0 Å². The monoisotopic (exact) mass is 279 g/mol. The zero-order valence-corrected chi connectivity index (χ0v) is 10.8. The van der Waals surface area contributed by atoms with Crippen LogP contribution < -0.4 is 0 Å². The van der Waals surface area contributed by atoms with Crippen LogP contribution in [-0.2, 0) is 0 Å². The van der Waals surface area contributed by atoms with Crippen LogP contribution in [0.4, 0.5) is 0 Å². The summed E-state index contributed by atoms with van der Waals surface area (Å²) in [5.74, 6) is -0.682. The number of amides is 2. The van der Waals surface area contributed by atoms with E-state index in [1.807, 2.05) is 0 Å². The fourth-order valence-corrected chi connectivity index (χ4v) is 2.64. The van der Waals surface area contributed by atoms with Crippen molar-refractivity contribution in [1.29, 1.82) is 0 Å². The van der Waals surface area contributed by atoms with Crippen LogP contribution in [0.5, 0.6) is 0 Å². The summed E-state index contributed by atoms with van der Waals surface area (Å²) in [7, 11) is 1.45. The van der Waals surface area contributed by atoms with E-state index in [1.54, 1.807) is 18.2 Å². The van der Waals surface area contributed by atoms with E-state index in [0.29, 0.717) is 31.9 Å². The van der Waals surface area contributed by atoms with Gasteiger partial charge in [0.05, 0.1) is 15.6 Å². The van der Waals surface area contributed by atoms with E-state index < -0.39 is 0 Å². The van der Waals surface area contributed by atoms with Gasteiger partial charge in [0.1, 0.15) is 0 Å². The van der Waals surface area contributed by atoms with Crippen LogP contribution in [0.25, 0.3) is 10.8 Å². The molecule has 90 valence electrons. The molecule has 2 amide bonds. The van der Waals surface area contributed by atoms with E-state index in [4.69, 9.17) is 23.2 Å². The number of imide groups is 1. The highest BCUT2D eigenvalue weighted by Crippen LogP contribution is 2.37. The molecule has 2 aromatic carbocycles. The van der Waals surface area contributed by atoms with Gasteiger partial charge in [0.25, 0.3) is 11.8 Å². The molecule has 2 aromatic rings. The first-order valence-corrected chi connectivity index (χ1v) is 6.01. The lowest BCUT2D eigenvalue weighted by Gasteiger charge is -2.24. The molecule has 5 heteroatoms.